The molecule has 1 aromatic carbocycles. The maximum Gasteiger partial charge on any atom is 0.338 e. The molecule has 7 nitrogen and oxygen atoms in total. The molecule has 1 aliphatic heterocycles. The number of benzene rings is 1. The second-order valence-corrected chi connectivity index (χ2v) is 5.34. The van der Waals surface area contributed by atoms with Gasteiger partial charge in [0.25, 0.3) is 5.69 Å². The second kappa shape index (κ2) is 6.65. The average Bonchev–Trinajstić information content (AvgIpc) is 2.87. The summed E-state index contributed by atoms with van der Waals surface area (Å²) in [5, 5.41) is 10.6. The van der Waals surface area contributed by atoms with E-state index in [4.69, 9.17) is 4.74 Å². The number of ether oxygens (including phenoxy) is 1. The summed E-state index contributed by atoms with van der Waals surface area (Å²) in [7, 11) is 1.83. The van der Waals surface area contributed by atoms with Crippen molar-refractivity contribution in [2.24, 2.45) is 0 Å². The van der Waals surface area contributed by atoms with Crippen molar-refractivity contribution in [1.82, 2.24) is 4.90 Å². The Labute approximate surface area is 128 Å². The Morgan fingerprint density at radius 2 is 2.00 bits per heavy atom. The fourth-order valence-electron chi connectivity index (χ4n) is 2.59. The number of carbonyl (C=O) groups is 2. The molecule has 2 atom stereocenters. The average molecular weight is 306 g/mol. The summed E-state index contributed by atoms with van der Waals surface area (Å²) < 4.78 is 5.39. The Kier molecular flexibility index (Phi) is 4.87. The van der Waals surface area contributed by atoms with Crippen LogP contribution in [0.4, 0.5) is 5.69 Å². The van der Waals surface area contributed by atoms with Crippen molar-refractivity contribution in [2.75, 3.05) is 13.6 Å². The summed E-state index contributed by atoms with van der Waals surface area (Å²) in [5.41, 5.74) is 0.185. The molecular weight excluding hydrogens is 288 g/mol. The van der Waals surface area contributed by atoms with Crippen LogP contribution in [0.3, 0.4) is 0 Å². The third-order valence-electron chi connectivity index (χ3n) is 3.82. The van der Waals surface area contributed by atoms with Gasteiger partial charge in [0.2, 0.25) is 0 Å². The van der Waals surface area contributed by atoms with E-state index in [2.05, 4.69) is 0 Å². The van der Waals surface area contributed by atoms with E-state index < -0.39 is 10.9 Å². The van der Waals surface area contributed by atoms with Crippen LogP contribution in [0.25, 0.3) is 0 Å². The third-order valence-corrected chi connectivity index (χ3v) is 3.82. The van der Waals surface area contributed by atoms with Gasteiger partial charge < -0.3 is 4.74 Å². The van der Waals surface area contributed by atoms with E-state index >= 15 is 0 Å². The molecule has 1 aliphatic rings. The summed E-state index contributed by atoms with van der Waals surface area (Å²) in [5.74, 6) is -0.394. The fraction of sp³-hybridized carbons (Fsp3) is 0.467. The van der Waals surface area contributed by atoms with Crippen LogP contribution < -0.4 is 0 Å². The monoisotopic (exact) mass is 306 g/mol. The Morgan fingerprint density at radius 3 is 2.55 bits per heavy atom. The van der Waals surface area contributed by atoms with E-state index in [0.29, 0.717) is 19.4 Å². The number of carbonyl (C=O) groups excluding carboxylic acids is 2. The molecule has 2 rings (SSSR count). The van der Waals surface area contributed by atoms with Gasteiger partial charge in [-0.05, 0) is 19.2 Å². The molecule has 1 heterocycles. The number of hydrogen-bond donors (Lipinski definition) is 0. The Bertz CT molecular complexity index is 584. The number of nitro groups is 1. The minimum atomic E-state index is -0.530. The van der Waals surface area contributed by atoms with Gasteiger partial charge in [0, 0.05) is 31.5 Å². The van der Waals surface area contributed by atoms with Gasteiger partial charge in [-0.15, -0.1) is 0 Å². The first kappa shape index (κ1) is 16.1. The van der Waals surface area contributed by atoms with Crippen molar-refractivity contribution in [3.8, 4) is 0 Å². The number of likely N-dealkylation sites (N-methyl/N-ethyl adjacent to an activating group) is 1. The highest BCUT2D eigenvalue weighted by atomic mass is 16.6. The summed E-state index contributed by atoms with van der Waals surface area (Å²) in [6.07, 6.45) is 0.605. The topological polar surface area (TPSA) is 89.8 Å². The van der Waals surface area contributed by atoms with E-state index in [0.717, 1.165) is 0 Å². The Morgan fingerprint density at radius 1 is 1.36 bits per heavy atom. The van der Waals surface area contributed by atoms with Crippen molar-refractivity contribution < 1.29 is 19.2 Å². The number of nitrogens with zero attached hydrogens (tertiary/aromatic N) is 2. The number of rotatable bonds is 5. The molecule has 0 N–H and O–H groups in total. The third kappa shape index (κ3) is 3.48. The molecule has 0 aromatic heterocycles. The predicted molar refractivity (Wildman–Crippen MR) is 78.6 cm³/mol. The van der Waals surface area contributed by atoms with Gasteiger partial charge in [-0.1, -0.05) is 6.92 Å². The molecule has 2 unspecified atom stereocenters. The van der Waals surface area contributed by atoms with Crippen LogP contribution in [0.2, 0.25) is 0 Å². The minimum Gasteiger partial charge on any atom is -0.457 e. The molecule has 1 fully saturated rings. The highest BCUT2D eigenvalue weighted by Crippen LogP contribution is 2.22. The van der Waals surface area contributed by atoms with Crippen LogP contribution >= 0.6 is 0 Å². The van der Waals surface area contributed by atoms with Crippen molar-refractivity contribution >= 4 is 17.4 Å². The molecule has 1 saturated heterocycles. The van der Waals surface area contributed by atoms with Gasteiger partial charge in [-0.25, -0.2) is 4.79 Å². The van der Waals surface area contributed by atoms with Gasteiger partial charge in [0.1, 0.15) is 11.9 Å². The van der Waals surface area contributed by atoms with E-state index in [1.54, 1.807) is 0 Å². The van der Waals surface area contributed by atoms with Crippen molar-refractivity contribution in [3.63, 3.8) is 0 Å². The maximum atomic E-state index is 12.0. The zero-order chi connectivity index (χ0) is 16.3. The lowest BCUT2D eigenvalue weighted by molar-refractivity contribution is -0.384. The summed E-state index contributed by atoms with van der Waals surface area (Å²) >= 11 is 0. The lowest BCUT2D eigenvalue weighted by Crippen LogP contribution is -2.32. The molecule has 0 radical (unpaired) electrons. The molecule has 0 saturated carbocycles. The molecule has 1 aromatic rings. The highest BCUT2D eigenvalue weighted by Gasteiger charge is 2.35. The molecule has 22 heavy (non-hydrogen) atoms. The SMILES string of the molecule is CCC(=O)C1CC(OC(=O)c2ccc([N+](=O)[O-])cc2)CN1C. The molecule has 0 aliphatic carbocycles. The summed E-state index contributed by atoms with van der Waals surface area (Å²) in [4.78, 5) is 35.8. The number of non-ortho nitro benzene ring substituents is 1. The predicted octanol–water partition coefficient (Wildman–Crippen LogP) is 1.80. The first-order chi connectivity index (χ1) is 10.4. The van der Waals surface area contributed by atoms with Gasteiger partial charge in [0.15, 0.2) is 0 Å². The lowest BCUT2D eigenvalue weighted by Gasteiger charge is -2.15. The van der Waals surface area contributed by atoms with E-state index in [1.165, 1.54) is 24.3 Å². The van der Waals surface area contributed by atoms with Gasteiger partial charge >= 0.3 is 5.97 Å². The van der Waals surface area contributed by atoms with Crippen LogP contribution in [0.5, 0.6) is 0 Å². The first-order valence-electron chi connectivity index (χ1n) is 7.10. The molecule has 0 bridgehead atoms. The maximum absolute atomic E-state index is 12.0. The second-order valence-electron chi connectivity index (χ2n) is 5.34. The smallest absolute Gasteiger partial charge is 0.338 e. The van der Waals surface area contributed by atoms with Crippen LogP contribution in [-0.2, 0) is 9.53 Å². The largest absolute Gasteiger partial charge is 0.457 e. The zero-order valence-electron chi connectivity index (χ0n) is 12.5. The number of Topliss-reactive ketones (excluding diaryl/α,β-unsaturated/α-hetero) is 1. The number of hydrogen-bond acceptors (Lipinski definition) is 6. The van der Waals surface area contributed by atoms with E-state index in [-0.39, 0.29) is 29.2 Å². The quantitative estimate of drug-likeness (QED) is 0.468. The number of esters is 1. The molecule has 0 spiro atoms. The zero-order valence-corrected chi connectivity index (χ0v) is 12.5. The molecule has 0 amide bonds. The first-order valence-corrected chi connectivity index (χ1v) is 7.10. The van der Waals surface area contributed by atoms with Crippen LogP contribution in [0, 0.1) is 10.1 Å². The van der Waals surface area contributed by atoms with Gasteiger partial charge in [-0.2, -0.15) is 0 Å². The molecule has 7 heteroatoms. The number of likely N-dealkylation sites (tertiary alicyclic amines) is 1. The van der Waals surface area contributed by atoms with E-state index in [9.17, 15) is 19.7 Å². The normalized spacial score (nSPS) is 21.5. The Hall–Kier alpha value is -2.28. The standard InChI is InChI=1S/C15H18N2O5/c1-3-14(18)13-8-12(9-16(13)2)22-15(19)10-4-6-11(7-5-10)17(20)21/h4-7,12-13H,3,8-9H2,1-2H3. The fourth-order valence-corrected chi connectivity index (χ4v) is 2.59. The van der Waals surface area contributed by atoms with Crippen molar-refractivity contribution in [2.45, 2.75) is 31.9 Å². The Balaban J connectivity index is 1.98. The summed E-state index contributed by atoms with van der Waals surface area (Å²) in [6, 6.07) is 5.06. The van der Waals surface area contributed by atoms with Crippen molar-refractivity contribution in [3.05, 3.63) is 39.9 Å². The van der Waals surface area contributed by atoms with Gasteiger partial charge in [-0.3, -0.25) is 19.8 Å². The molecule has 118 valence electrons. The van der Waals surface area contributed by atoms with Crippen LogP contribution in [-0.4, -0.2) is 47.3 Å². The van der Waals surface area contributed by atoms with Crippen LogP contribution in [0.15, 0.2) is 24.3 Å². The minimum absolute atomic E-state index is 0.0780. The number of nitro benzene ring substituents is 1. The number of ketones is 1. The van der Waals surface area contributed by atoms with E-state index in [1.807, 2.05) is 18.9 Å². The summed E-state index contributed by atoms with van der Waals surface area (Å²) in [6.45, 7) is 2.32. The highest BCUT2D eigenvalue weighted by molar-refractivity contribution is 5.90. The lowest BCUT2D eigenvalue weighted by atomic mass is 10.1. The van der Waals surface area contributed by atoms with Crippen LogP contribution in [0.1, 0.15) is 30.1 Å². The van der Waals surface area contributed by atoms with Crippen molar-refractivity contribution in [1.29, 1.82) is 0 Å². The van der Waals surface area contributed by atoms with Gasteiger partial charge in [0.05, 0.1) is 16.5 Å². The molecular formula is C15H18N2O5.